The number of nitrogens with zero attached hydrogens (tertiary/aromatic N) is 1. The van der Waals surface area contributed by atoms with Crippen molar-refractivity contribution in [3.63, 3.8) is 0 Å². The monoisotopic (exact) mass is 272 g/mol. The summed E-state index contributed by atoms with van der Waals surface area (Å²) in [5, 5.41) is 7.36. The van der Waals surface area contributed by atoms with E-state index in [0.29, 0.717) is 24.7 Å². The number of rotatable bonds is 7. The third kappa shape index (κ3) is 4.78. The molecule has 0 aliphatic rings. The Kier molecular flexibility index (Phi) is 6.26. The van der Waals surface area contributed by atoms with Crippen LogP contribution in [0.2, 0.25) is 0 Å². The first kappa shape index (κ1) is 14.6. The van der Waals surface area contributed by atoms with Gasteiger partial charge in [-0.25, -0.2) is 4.98 Å². The summed E-state index contributed by atoms with van der Waals surface area (Å²) >= 11 is 1.31. The molecule has 0 saturated carbocycles. The summed E-state index contributed by atoms with van der Waals surface area (Å²) in [6.07, 6.45) is 0. The summed E-state index contributed by atoms with van der Waals surface area (Å²) in [4.78, 5) is 26.9. The number of nitrogens with two attached hydrogens (primary N) is 1. The van der Waals surface area contributed by atoms with Crippen molar-refractivity contribution >= 4 is 23.2 Å². The van der Waals surface area contributed by atoms with E-state index < -0.39 is 0 Å². The number of ether oxygens (including phenoxy) is 1. The molecule has 1 aromatic heterocycles. The van der Waals surface area contributed by atoms with Crippen LogP contribution in [0.3, 0.4) is 0 Å². The van der Waals surface area contributed by atoms with Gasteiger partial charge in [-0.1, -0.05) is 0 Å². The summed E-state index contributed by atoms with van der Waals surface area (Å²) in [6, 6.07) is 0. The molecule has 4 N–H and O–H groups in total. The zero-order valence-corrected chi connectivity index (χ0v) is 10.9. The summed E-state index contributed by atoms with van der Waals surface area (Å²) in [5.74, 6) is -0.650. The van der Waals surface area contributed by atoms with Crippen molar-refractivity contribution < 1.29 is 14.3 Å². The predicted molar refractivity (Wildman–Crippen MR) is 67.2 cm³/mol. The van der Waals surface area contributed by atoms with Gasteiger partial charge in [-0.2, -0.15) is 0 Å². The molecule has 0 atom stereocenters. The highest BCUT2D eigenvalue weighted by atomic mass is 32.1. The molecule has 0 aliphatic carbocycles. The maximum absolute atomic E-state index is 11.6. The number of methoxy groups -OCH3 is 1. The van der Waals surface area contributed by atoms with E-state index >= 15 is 0 Å². The normalized spacial score (nSPS) is 10.1. The average Bonchev–Trinajstić information content (AvgIpc) is 2.85. The highest BCUT2D eigenvalue weighted by Gasteiger charge is 2.11. The Morgan fingerprint density at radius 3 is 2.89 bits per heavy atom. The lowest BCUT2D eigenvalue weighted by Gasteiger charge is -2.05. The lowest BCUT2D eigenvalue weighted by molar-refractivity contribution is -0.120. The fourth-order valence-electron chi connectivity index (χ4n) is 1.12. The van der Waals surface area contributed by atoms with Crippen LogP contribution >= 0.6 is 11.3 Å². The molecular formula is C10H16N4O3S. The minimum Gasteiger partial charge on any atom is -0.383 e. The molecule has 2 amide bonds. The molecule has 0 aromatic carbocycles. The molecule has 0 radical (unpaired) electrons. The molecule has 0 saturated heterocycles. The Labute approximate surface area is 109 Å². The lowest BCUT2D eigenvalue weighted by Crippen LogP contribution is -2.38. The quantitative estimate of drug-likeness (QED) is 0.557. The number of hydrogen-bond donors (Lipinski definition) is 3. The zero-order chi connectivity index (χ0) is 13.4. The van der Waals surface area contributed by atoms with Crippen LogP contribution in [-0.4, -0.2) is 43.6 Å². The van der Waals surface area contributed by atoms with E-state index in [-0.39, 0.29) is 24.1 Å². The van der Waals surface area contributed by atoms with Crippen LogP contribution in [-0.2, 0) is 16.1 Å². The van der Waals surface area contributed by atoms with Crippen molar-refractivity contribution in [2.45, 2.75) is 6.54 Å². The molecule has 1 aromatic rings. The number of carbonyl (C=O) groups excluding carboxylic acids is 2. The Morgan fingerprint density at radius 2 is 2.28 bits per heavy atom. The minimum atomic E-state index is -0.382. The van der Waals surface area contributed by atoms with Gasteiger partial charge >= 0.3 is 0 Å². The number of amides is 2. The third-order valence-corrected chi connectivity index (χ3v) is 2.87. The van der Waals surface area contributed by atoms with E-state index in [1.807, 2.05) is 0 Å². The Balaban J connectivity index is 2.30. The SMILES string of the molecule is COCCNC(=O)CNC(=O)c1csc(CN)n1. The van der Waals surface area contributed by atoms with E-state index in [1.165, 1.54) is 11.3 Å². The van der Waals surface area contributed by atoms with Gasteiger partial charge < -0.3 is 21.1 Å². The van der Waals surface area contributed by atoms with E-state index in [0.717, 1.165) is 0 Å². The molecule has 0 aliphatic heterocycles. The second-order valence-electron chi connectivity index (χ2n) is 3.36. The van der Waals surface area contributed by atoms with Crippen LogP contribution in [0.15, 0.2) is 5.38 Å². The average molecular weight is 272 g/mol. The summed E-state index contributed by atoms with van der Waals surface area (Å²) < 4.78 is 4.78. The topological polar surface area (TPSA) is 106 Å². The standard InChI is InChI=1S/C10H16N4O3S/c1-17-3-2-12-8(15)5-13-10(16)7-6-18-9(4-11)14-7/h6H,2-5,11H2,1H3,(H,12,15)(H,13,16). The molecule has 1 rings (SSSR count). The van der Waals surface area contributed by atoms with Crippen LogP contribution in [0.25, 0.3) is 0 Å². The molecule has 0 spiro atoms. The number of aromatic nitrogens is 1. The second kappa shape index (κ2) is 7.75. The van der Waals surface area contributed by atoms with Gasteiger partial charge in [0.15, 0.2) is 0 Å². The molecule has 7 nitrogen and oxygen atoms in total. The predicted octanol–water partition coefficient (Wildman–Crippen LogP) is -0.906. The maximum atomic E-state index is 11.6. The van der Waals surface area contributed by atoms with Gasteiger partial charge in [-0.15, -0.1) is 11.3 Å². The third-order valence-electron chi connectivity index (χ3n) is 2.00. The lowest BCUT2D eigenvalue weighted by atomic mass is 10.4. The molecule has 100 valence electrons. The van der Waals surface area contributed by atoms with E-state index in [4.69, 9.17) is 10.5 Å². The molecule has 0 fully saturated rings. The molecule has 18 heavy (non-hydrogen) atoms. The minimum absolute atomic E-state index is 0.0853. The number of nitrogens with one attached hydrogen (secondary N) is 2. The van der Waals surface area contributed by atoms with Gasteiger partial charge in [0.25, 0.3) is 5.91 Å². The highest BCUT2D eigenvalue weighted by molar-refractivity contribution is 7.09. The van der Waals surface area contributed by atoms with Gasteiger partial charge in [0, 0.05) is 25.6 Å². The van der Waals surface area contributed by atoms with Crippen LogP contribution in [0.5, 0.6) is 0 Å². The van der Waals surface area contributed by atoms with E-state index in [2.05, 4.69) is 15.6 Å². The van der Waals surface area contributed by atoms with E-state index in [9.17, 15) is 9.59 Å². The van der Waals surface area contributed by atoms with Crippen molar-refractivity contribution in [2.75, 3.05) is 26.8 Å². The van der Waals surface area contributed by atoms with Crippen molar-refractivity contribution in [3.05, 3.63) is 16.1 Å². The first-order valence-electron chi connectivity index (χ1n) is 5.35. The maximum Gasteiger partial charge on any atom is 0.271 e. The molecule has 0 unspecified atom stereocenters. The largest absolute Gasteiger partial charge is 0.383 e. The second-order valence-corrected chi connectivity index (χ2v) is 4.30. The molecular weight excluding hydrogens is 256 g/mol. The van der Waals surface area contributed by atoms with Crippen molar-refractivity contribution in [2.24, 2.45) is 5.73 Å². The van der Waals surface area contributed by atoms with Crippen LogP contribution in [0.4, 0.5) is 0 Å². The number of thiazole rings is 1. The smallest absolute Gasteiger partial charge is 0.271 e. The Morgan fingerprint density at radius 1 is 1.50 bits per heavy atom. The summed E-state index contributed by atoms with van der Waals surface area (Å²) in [7, 11) is 1.55. The first-order chi connectivity index (χ1) is 8.67. The molecule has 1 heterocycles. The fraction of sp³-hybridized carbons (Fsp3) is 0.500. The van der Waals surface area contributed by atoms with E-state index in [1.54, 1.807) is 12.5 Å². The number of hydrogen-bond acceptors (Lipinski definition) is 6. The fourth-order valence-corrected chi connectivity index (χ4v) is 1.77. The van der Waals surface area contributed by atoms with Gasteiger partial charge in [0.1, 0.15) is 10.7 Å². The van der Waals surface area contributed by atoms with Gasteiger partial charge in [0.2, 0.25) is 5.91 Å². The first-order valence-corrected chi connectivity index (χ1v) is 6.23. The van der Waals surface area contributed by atoms with Crippen LogP contribution in [0.1, 0.15) is 15.5 Å². The van der Waals surface area contributed by atoms with Crippen molar-refractivity contribution in [3.8, 4) is 0 Å². The van der Waals surface area contributed by atoms with Crippen LogP contribution < -0.4 is 16.4 Å². The zero-order valence-electron chi connectivity index (χ0n) is 10.1. The molecule has 8 heteroatoms. The van der Waals surface area contributed by atoms with Gasteiger partial charge in [-0.3, -0.25) is 9.59 Å². The Hall–Kier alpha value is -1.51. The van der Waals surface area contributed by atoms with Crippen molar-refractivity contribution in [1.82, 2.24) is 15.6 Å². The highest BCUT2D eigenvalue weighted by Crippen LogP contribution is 2.08. The van der Waals surface area contributed by atoms with Crippen LogP contribution in [0, 0.1) is 0 Å². The van der Waals surface area contributed by atoms with Gasteiger partial charge in [0.05, 0.1) is 13.2 Å². The number of carbonyl (C=O) groups is 2. The summed E-state index contributed by atoms with van der Waals surface area (Å²) in [5.41, 5.74) is 5.68. The molecule has 0 bridgehead atoms. The van der Waals surface area contributed by atoms with Gasteiger partial charge in [-0.05, 0) is 0 Å². The van der Waals surface area contributed by atoms with Crippen molar-refractivity contribution in [1.29, 1.82) is 0 Å². The Bertz CT molecular complexity index is 408. The summed E-state index contributed by atoms with van der Waals surface area (Å²) in [6.45, 7) is 1.07.